The van der Waals surface area contributed by atoms with E-state index in [-0.39, 0.29) is 6.61 Å². The van der Waals surface area contributed by atoms with Crippen LogP contribution in [0.1, 0.15) is 24.8 Å². The molecule has 0 aliphatic heterocycles. The van der Waals surface area contributed by atoms with E-state index in [9.17, 15) is 18.4 Å². The first kappa shape index (κ1) is 15.8. The quantitative estimate of drug-likeness (QED) is 0.592. The molecule has 1 atom stereocenters. The molecule has 0 amide bonds. The summed E-state index contributed by atoms with van der Waals surface area (Å²) >= 11 is 2.04. The van der Waals surface area contributed by atoms with E-state index in [4.69, 9.17) is 4.74 Å². The van der Waals surface area contributed by atoms with Gasteiger partial charge in [0.25, 0.3) is 0 Å². The van der Waals surface area contributed by atoms with Gasteiger partial charge in [-0.15, -0.1) is 0 Å². The summed E-state index contributed by atoms with van der Waals surface area (Å²) in [4.78, 5) is 19.5. The summed E-state index contributed by atoms with van der Waals surface area (Å²) in [7, 11) is 0. The fourth-order valence-corrected chi connectivity index (χ4v) is 1.91. The Bertz CT molecular complexity index is 443. The lowest BCUT2D eigenvalue weighted by Crippen LogP contribution is -2.29. The van der Waals surface area contributed by atoms with Gasteiger partial charge in [0, 0.05) is 0 Å². The maximum Gasteiger partial charge on any atom is 0.359 e. The lowest BCUT2D eigenvalue weighted by molar-refractivity contribution is -0.146. The van der Waals surface area contributed by atoms with E-state index in [0.717, 1.165) is 0 Å². The molecule has 0 aromatic heterocycles. The van der Waals surface area contributed by atoms with Crippen molar-refractivity contribution in [1.82, 2.24) is 0 Å². The van der Waals surface area contributed by atoms with Gasteiger partial charge in [0.15, 0.2) is 0 Å². The Kier molecular flexibility index (Phi) is 5.60. The van der Waals surface area contributed by atoms with Crippen molar-refractivity contribution < 1.29 is 23.1 Å². The number of alkyl halides is 3. The van der Waals surface area contributed by atoms with Gasteiger partial charge in [-0.2, -0.15) is 8.78 Å². The van der Waals surface area contributed by atoms with Crippen molar-refractivity contribution in [3.05, 3.63) is 35.9 Å². The van der Waals surface area contributed by atoms with Crippen molar-refractivity contribution in [2.45, 2.75) is 24.1 Å². The second-order valence-electron chi connectivity index (χ2n) is 3.83. The number of rotatable bonds is 6. The molecule has 19 heavy (non-hydrogen) atoms. The van der Waals surface area contributed by atoms with Crippen LogP contribution in [-0.4, -0.2) is 23.2 Å². The van der Waals surface area contributed by atoms with Crippen LogP contribution >= 0.6 is 15.9 Å². The molecule has 6 heteroatoms. The van der Waals surface area contributed by atoms with Crippen molar-refractivity contribution >= 4 is 27.7 Å². The Morgan fingerprint density at radius 3 is 2.37 bits per heavy atom. The molecule has 1 rings (SSSR count). The third-order valence-corrected chi connectivity index (χ3v) is 2.86. The minimum absolute atomic E-state index is 0.138. The van der Waals surface area contributed by atoms with Crippen LogP contribution in [0.25, 0.3) is 0 Å². The van der Waals surface area contributed by atoms with Gasteiger partial charge in [0.2, 0.25) is 5.78 Å². The van der Waals surface area contributed by atoms with Gasteiger partial charge in [-0.1, -0.05) is 30.3 Å². The predicted molar refractivity (Wildman–Crippen MR) is 69.3 cm³/mol. The second-order valence-corrected chi connectivity index (χ2v) is 4.83. The molecule has 0 saturated carbocycles. The standard InChI is InChI=1S/C13H13BrF2O3/c1-2-19-11(17)8-10(12(18)13(14,15)16)9-6-4-3-5-7-9/h3-7,10H,2,8H2,1H3/t10-/m0/s1. The van der Waals surface area contributed by atoms with Crippen molar-refractivity contribution in [2.24, 2.45) is 0 Å². The Labute approximate surface area is 118 Å². The number of esters is 1. The van der Waals surface area contributed by atoms with Gasteiger partial charge in [0.05, 0.1) is 18.9 Å². The zero-order valence-electron chi connectivity index (χ0n) is 10.2. The monoisotopic (exact) mass is 334 g/mol. The summed E-state index contributed by atoms with van der Waals surface area (Å²) in [5.41, 5.74) is 0.361. The average Bonchev–Trinajstić information content (AvgIpc) is 2.35. The summed E-state index contributed by atoms with van der Waals surface area (Å²) in [5, 5.41) is 0. The van der Waals surface area contributed by atoms with Gasteiger partial charge in [0.1, 0.15) is 0 Å². The highest BCUT2D eigenvalue weighted by Gasteiger charge is 2.41. The fraction of sp³-hybridized carbons (Fsp3) is 0.385. The Balaban J connectivity index is 2.99. The van der Waals surface area contributed by atoms with Crippen molar-refractivity contribution in [3.63, 3.8) is 0 Å². The highest BCUT2D eigenvalue weighted by atomic mass is 79.9. The van der Waals surface area contributed by atoms with Gasteiger partial charge in [-0.3, -0.25) is 9.59 Å². The number of halogens is 3. The number of benzene rings is 1. The molecule has 1 aromatic rings. The molecular formula is C13H13BrF2O3. The molecule has 0 saturated heterocycles. The number of ether oxygens (including phenoxy) is 1. The van der Waals surface area contributed by atoms with E-state index in [0.29, 0.717) is 5.56 Å². The molecule has 0 unspecified atom stereocenters. The SMILES string of the molecule is CCOC(=O)C[C@H](C(=O)C(F)(F)Br)c1ccccc1. The number of Topliss-reactive ketones (excluding diaryl/α,β-unsaturated/α-hetero) is 1. The molecule has 0 radical (unpaired) electrons. The van der Waals surface area contributed by atoms with Crippen LogP contribution in [0.2, 0.25) is 0 Å². The third kappa shape index (κ3) is 4.70. The minimum atomic E-state index is -3.67. The maximum absolute atomic E-state index is 13.1. The van der Waals surface area contributed by atoms with Gasteiger partial charge < -0.3 is 4.74 Å². The summed E-state index contributed by atoms with van der Waals surface area (Å²) in [5.74, 6) is -3.26. The lowest BCUT2D eigenvalue weighted by atomic mass is 9.91. The van der Waals surface area contributed by atoms with E-state index < -0.39 is 28.9 Å². The highest BCUT2D eigenvalue weighted by molar-refractivity contribution is 9.10. The molecule has 0 aliphatic rings. The van der Waals surface area contributed by atoms with Crippen LogP contribution in [-0.2, 0) is 14.3 Å². The molecular weight excluding hydrogens is 322 g/mol. The Morgan fingerprint density at radius 1 is 1.32 bits per heavy atom. The van der Waals surface area contributed by atoms with Crippen LogP contribution in [0.3, 0.4) is 0 Å². The molecule has 0 spiro atoms. The zero-order chi connectivity index (χ0) is 14.5. The van der Waals surface area contributed by atoms with Crippen LogP contribution < -0.4 is 0 Å². The molecule has 0 bridgehead atoms. The van der Waals surface area contributed by atoms with Crippen LogP contribution in [0.15, 0.2) is 30.3 Å². The van der Waals surface area contributed by atoms with Crippen molar-refractivity contribution in [1.29, 1.82) is 0 Å². The van der Waals surface area contributed by atoms with E-state index in [1.54, 1.807) is 25.1 Å². The lowest BCUT2D eigenvalue weighted by Gasteiger charge is -2.18. The number of ketones is 1. The normalized spacial score (nSPS) is 12.8. The van der Waals surface area contributed by atoms with E-state index in [1.807, 2.05) is 15.9 Å². The zero-order valence-corrected chi connectivity index (χ0v) is 11.8. The number of carbonyl (C=O) groups excluding carboxylic acids is 2. The smallest absolute Gasteiger partial charge is 0.359 e. The number of hydrogen-bond donors (Lipinski definition) is 0. The Hall–Kier alpha value is -1.30. The molecule has 0 heterocycles. The topological polar surface area (TPSA) is 43.4 Å². The molecule has 1 aromatic carbocycles. The van der Waals surface area contributed by atoms with Gasteiger partial charge in [-0.25, -0.2) is 0 Å². The molecule has 104 valence electrons. The second kappa shape index (κ2) is 6.75. The third-order valence-electron chi connectivity index (χ3n) is 2.47. The first-order chi connectivity index (χ1) is 8.86. The minimum Gasteiger partial charge on any atom is -0.466 e. The average molecular weight is 335 g/mol. The summed E-state index contributed by atoms with van der Waals surface area (Å²) < 4.78 is 30.9. The largest absolute Gasteiger partial charge is 0.466 e. The molecule has 0 aliphatic carbocycles. The van der Waals surface area contributed by atoms with Crippen LogP contribution in [0, 0.1) is 0 Å². The van der Waals surface area contributed by atoms with Gasteiger partial charge >= 0.3 is 10.8 Å². The fourth-order valence-electron chi connectivity index (χ4n) is 1.63. The molecule has 0 N–H and O–H groups in total. The summed E-state index contributed by atoms with van der Waals surface area (Å²) in [6.07, 6.45) is -0.405. The van der Waals surface area contributed by atoms with Crippen molar-refractivity contribution in [2.75, 3.05) is 6.61 Å². The van der Waals surface area contributed by atoms with E-state index in [2.05, 4.69) is 0 Å². The first-order valence-electron chi connectivity index (χ1n) is 5.67. The van der Waals surface area contributed by atoms with Gasteiger partial charge in [-0.05, 0) is 28.4 Å². The predicted octanol–water partition coefficient (Wildman–Crippen LogP) is 3.28. The summed E-state index contributed by atoms with van der Waals surface area (Å²) in [6.45, 7) is 1.75. The molecule has 3 nitrogen and oxygen atoms in total. The Morgan fingerprint density at radius 2 is 1.89 bits per heavy atom. The van der Waals surface area contributed by atoms with Crippen molar-refractivity contribution in [3.8, 4) is 0 Å². The number of carbonyl (C=O) groups is 2. The van der Waals surface area contributed by atoms with E-state index in [1.165, 1.54) is 12.1 Å². The van der Waals surface area contributed by atoms with Crippen LogP contribution in [0.5, 0.6) is 0 Å². The van der Waals surface area contributed by atoms with E-state index >= 15 is 0 Å². The first-order valence-corrected chi connectivity index (χ1v) is 6.47. The highest BCUT2D eigenvalue weighted by Crippen LogP contribution is 2.33. The number of hydrogen-bond acceptors (Lipinski definition) is 3. The summed E-state index contributed by atoms with van der Waals surface area (Å²) in [6, 6.07) is 7.99. The molecule has 0 fully saturated rings. The maximum atomic E-state index is 13.1. The van der Waals surface area contributed by atoms with Crippen LogP contribution in [0.4, 0.5) is 8.78 Å².